The minimum Gasteiger partial charge on any atom is -0.394 e. The van der Waals surface area contributed by atoms with Gasteiger partial charge in [-0.1, -0.05) is 23.2 Å². The molecule has 0 saturated carbocycles. The third-order valence-electron chi connectivity index (χ3n) is 3.50. The number of Topliss-reactive ketones (excluding diaryl/α,β-unsaturated/α-hetero) is 1. The van der Waals surface area contributed by atoms with Gasteiger partial charge in [-0.3, -0.25) is 9.69 Å². The normalized spacial score (nSPS) is 13.7. The molecule has 1 rings (SSSR count). The molecule has 0 saturated heterocycles. The van der Waals surface area contributed by atoms with E-state index >= 15 is 0 Å². The fourth-order valence-electron chi connectivity index (χ4n) is 1.73. The maximum absolute atomic E-state index is 12.4. The number of halogens is 2. The van der Waals surface area contributed by atoms with Crippen LogP contribution in [0.15, 0.2) is 18.2 Å². The highest BCUT2D eigenvalue weighted by Gasteiger charge is 2.31. The molecule has 0 bridgehead atoms. The molecule has 0 aromatic heterocycles. The quantitative estimate of drug-likeness (QED) is 0.849. The van der Waals surface area contributed by atoms with Gasteiger partial charge in [-0.05, 0) is 46.0 Å². The Balaban J connectivity index is 3.00. The van der Waals surface area contributed by atoms with Crippen LogP contribution in [-0.2, 0) is 0 Å². The third kappa shape index (κ3) is 3.69. The van der Waals surface area contributed by atoms with Crippen molar-refractivity contribution in [1.82, 2.24) is 4.90 Å². The van der Waals surface area contributed by atoms with Gasteiger partial charge in [0.2, 0.25) is 0 Å². The lowest BCUT2D eigenvalue weighted by molar-refractivity contribution is 0.0438. The molecule has 0 aliphatic heterocycles. The molecule has 1 aromatic rings. The van der Waals surface area contributed by atoms with Crippen LogP contribution in [0.25, 0.3) is 0 Å². The van der Waals surface area contributed by atoms with E-state index in [0.717, 1.165) is 0 Å². The van der Waals surface area contributed by atoms with Crippen molar-refractivity contribution in [3.8, 4) is 0 Å². The van der Waals surface area contributed by atoms with E-state index in [0.29, 0.717) is 15.6 Å². The Morgan fingerprint density at radius 2 is 2.00 bits per heavy atom. The van der Waals surface area contributed by atoms with Gasteiger partial charge in [0.15, 0.2) is 5.78 Å². The van der Waals surface area contributed by atoms with Crippen molar-refractivity contribution in [2.24, 2.45) is 0 Å². The summed E-state index contributed by atoms with van der Waals surface area (Å²) in [4.78, 5) is 14.3. The van der Waals surface area contributed by atoms with Crippen LogP contribution in [0.1, 0.15) is 31.1 Å². The van der Waals surface area contributed by atoms with Crippen LogP contribution in [-0.4, -0.2) is 41.0 Å². The summed E-state index contributed by atoms with van der Waals surface area (Å²) in [5.74, 6) is -0.0920. The molecule has 1 atom stereocenters. The smallest absolute Gasteiger partial charge is 0.181 e. The van der Waals surface area contributed by atoms with Crippen molar-refractivity contribution >= 4 is 29.0 Å². The first-order valence-corrected chi connectivity index (χ1v) is 6.79. The Hall–Kier alpha value is -0.610. The first-order valence-electron chi connectivity index (χ1n) is 6.03. The number of hydrogen-bond acceptors (Lipinski definition) is 3. The standard InChI is InChI=1S/C14H19Cl2NO2/c1-9(17(4)14(2,3)8-18)13(19)11-6-5-10(15)7-12(11)16/h5-7,9,18H,8H2,1-4H3. The minimum atomic E-state index is -0.478. The van der Waals surface area contributed by atoms with E-state index in [4.69, 9.17) is 23.2 Å². The number of carbonyl (C=O) groups excluding carboxylic acids is 1. The van der Waals surface area contributed by atoms with Crippen molar-refractivity contribution in [2.45, 2.75) is 32.4 Å². The second kappa shape index (κ2) is 6.23. The molecule has 0 aliphatic rings. The van der Waals surface area contributed by atoms with Crippen LogP contribution >= 0.6 is 23.2 Å². The van der Waals surface area contributed by atoms with E-state index in [1.54, 1.807) is 25.1 Å². The van der Waals surface area contributed by atoms with Crippen molar-refractivity contribution in [2.75, 3.05) is 13.7 Å². The Morgan fingerprint density at radius 1 is 1.42 bits per heavy atom. The fourth-order valence-corrected chi connectivity index (χ4v) is 2.23. The van der Waals surface area contributed by atoms with E-state index in [2.05, 4.69) is 0 Å². The molecule has 0 fully saturated rings. The van der Waals surface area contributed by atoms with E-state index in [1.807, 2.05) is 25.8 Å². The highest BCUT2D eigenvalue weighted by molar-refractivity contribution is 6.37. The van der Waals surface area contributed by atoms with Crippen LogP contribution in [0.2, 0.25) is 10.0 Å². The summed E-state index contributed by atoms with van der Waals surface area (Å²) in [6, 6.07) is 4.44. The van der Waals surface area contributed by atoms with Crippen molar-refractivity contribution in [1.29, 1.82) is 0 Å². The molecule has 0 aliphatic carbocycles. The monoisotopic (exact) mass is 303 g/mol. The molecular weight excluding hydrogens is 285 g/mol. The molecule has 0 spiro atoms. The molecule has 106 valence electrons. The van der Waals surface area contributed by atoms with Gasteiger partial charge >= 0.3 is 0 Å². The van der Waals surface area contributed by atoms with Crippen LogP contribution in [0, 0.1) is 0 Å². The number of aliphatic hydroxyl groups excluding tert-OH is 1. The average molecular weight is 304 g/mol. The molecule has 1 unspecified atom stereocenters. The van der Waals surface area contributed by atoms with Crippen molar-refractivity contribution in [3.63, 3.8) is 0 Å². The highest BCUT2D eigenvalue weighted by atomic mass is 35.5. The van der Waals surface area contributed by atoms with Gasteiger partial charge < -0.3 is 5.11 Å². The average Bonchev–Trinajstić information content (AvgIpc) is 2.36. The van der Waals surface area contributed by atoms with Gasteiger partial charge in [0.05, 0.1) is 17.7 Å². The first kappa shape index (κ1) is 16.4. The summed E-state index contributed by atoms with van der Waals surface area (Å²) in [5, 5.41) is 10.2. The van der Waals surface area contributed by atoms with Crippen molar-refractivity contribution in [3.05, 3.63) is 33.8 Å². The number of ketones is 1. The summed E-state index contributed by atoms with van der Waals surface area (Å²) in [5.41, 5.74) is -0.0345. The lowest BCUT2D eigenvalue weighted by Crippen LogP contribution is -2.51. The summed E-state index contributed by atoms with van der Waals surface area (Å²) >= 11 is 11.9. The third-order valence-corrected chi connectivity index (χ3v) is 4.05. The first-order chi connectivity index (χ1) is 8.70. The zero-order chi connectivity index (χ0) is 14.8. The molecule has 0 radical (unpaired) electrons. The number of hydrogen-bond donors (Lipinski definition) is 1. The summed E-state index contributed by atoms with van der Waals surface area (Å²) < 4.78 is 0. The van der Waals surface area contributed by atoms with Gasteiger partial charge in [-0.25, -0.2) is 0 Å². The zero-order valence-electron chi connectivity index (χ0n) is 11.6. The molecule has 3 nitrogen and oxygen atoms in total. The molecule has 1 N–H and O–H groups in total. The largest absolute Gasteiger partial charge is 0.394 e. The predicted octanol–water partition coefficient (Wildman–Crippen LogP) is 3.27. The number of benzene rings is 1. The second-order valence-corrected chi connectivity index (χ2v) is 6.09. The second-order valence-electron chi connectivity index (χ2n) is 5.25. The van der Waals surface area contributed by atoms with Gasteiger partial charge in [0, 0.05) is 16.1 Å². The van der Waals surface area contributed by atoms with E-state index in [9.17, 15) is 9.90 Å². The van der Waals surface area contributed by atoms with Crippen LogP contribution in [0.4, 0.5) is 0 Å². The van der Waals surface area contributed by atoms with Crippen LogP contribution in [0.5, 0.6) is 0 Å². The van der Waals surface area contributed by atoms with E-state index < -0.39 is 5.54 Å². The molecular formula is C14H19Cl2NO2. The molecule has 0 heterocycles. The Labute approximate surface area is 124 Å². The molecule has 5 heteroatoms. The summed E-state index contributed by atoms with van der Waals surface area (Å²) in [7, 11) is 1.81. The van der Waals surface area contributed by atoms with Crippen molar-refractivity contribution < 1.29 is 9.90 Å². The number of nitrogens with zero attached hydrogens (tertiary/aromatic N) is 1. The number of aliphatic hydroxyl groups is 1. The minimum absolute atomic E-state index is 0.0323. The number of likely N-dealkylation sites (N-methyl/N-ethyl adjacent to an activating group) is 1. The Bertz CT molecular complexity index is 475. The maximum atomic E-state index is 12.4. The molecule has 19 heavy (non-hydrogen) atoms. The Morgan fingerprint density at radius 3 is 2.47 bits per heavy atom. The van der Waals surface area contributed by atoms with Gasteiger partial charge in [-0.15, -0.1) is 0 Å². The lowest BCUT2D eigenvalue weighted by atomic mass is 9.98. The number of carbonyl (C=O) groups is 1. The fraction of sp³-hybridized carbons (Fsp3) is 0.500. The summed E-state index contributed by atoms with van der Waals surface area (Å²) in [6.07, 6.45) is 0. The van der Waals surface area contributed by atoms with Crippen LogP contribution in [0.3, 0.4) is 0 Å². The lowest BCUT2D eigenvalue weighted by Gasteiger charge is -2.37. The van der Waals surface area contributed by atoms with Crippen LogP contribution < -0.4 is 0 Å². The van der Waals surface area contributed by atoms with Gasteiger partial charge in [-0.2, -0.15) is 0 Å². The summed E-state index contributed by atoms with van der Waals surface area (Å²) in [6.45, 7) is 5.51. The number of rotatable bonds is 5. The van der Waals surface area contributed by atoms with Gasteiger partial charge in [0.1, 0.15) is 0 Å². The Kier molecular flexibility index (Phi) is 5.39. The van der Waals surface area contributed by atoms with E-state index in [-0.39, 0.29) is 18.4 Å². The SMILES string of the molecule is CC(C(=O)c1ccc(Cl)cc1Cl)N(C)C(C)(C)CO. The predicted molar refractivity (Wildman–Crippen MR) is 79.2 cm³/mol. The van der Waals surface area contributed by atoms with E-state index in [1.165, 1.54) is 0 Å². The van der Waals surface area contributed by atoms with Gasteiger partial charge in [0.25, 0.3) is 0 Å². The topological polar surface area (TPSA) is 40.5 Å². The maximum Gasteiger partial charge on any atom is 0.181 e. The molecule has 0 amide bonds. The zero-order valence-corrected chi connectivity index (χ0v) is 13.1. The highest BCUT2D eigenvalue weighted by Crippen LogP contribution is 2.24. The molecule has 1 aromatic carbocycles.